The van der Waals surface area contributed by atoms with Gasteiger partial charge in [0.25, 0.3) is 0 Å². The van der Waals surface area contributed by atoms with Crippen LogP contribution >= 0.6 is 34.0 Å². The Morgan fingerprint density at radius 2 is 0.846 bits per heavy atom. The van der Waals surface area contributed by atoms with Crippen molar-refractivity contribution >= 4 is 51.9 Å². The summed E-state index contributed by atoms with van der Waals surface area (Å²) in [6.45, 7) is 5.31. The Balaban J connectivity index is 1.58. The Labute approximate surface area is 237 Å². The van der Waals surface area contributed by atoms with Crippen LogP contribution in [0.3, 0.4) is 0 Å². The largest absolute Gasteiger partial charge is 0.462 e. The monoisotopic (exact) mass is 585 g/mol. The molecule has 0 unspecified atom stereocenters. The second-order valence-corrected chi connectivity index (χ2v) is 11.4. The number of nitrogens with zero attached hydrogens (tertiary/aromatic N) is 3. The second-order valence-electron chi connectivity index (χ2n) is 8.44. The molecule has 0 atom stereocenters. The molecule has 0 saturated carbocycles. The first-order valence-corrected chi connectivity index (χ1v) is 14.8. The van der Waals surface area contributed by atoms with E-state index in [1.807, 2.05) is 16.1 Å². The van der Waals surface area contributed by atoms with Crippen molar-refractivity contribution in [1.29, 1.82) is 0 Å². The maximum atomic E-state index is 13.3. The normalized spacial score (nSPS) is 10.8. The number of ether oxygens (including phenoxy) is 3. The number of thiazole rings is 3. The van der Waals surface area contributed by atoms with Gasteiger partial charge in [-0.25, -0.2) is 29.3 Å². The van der Waals surface area contributed by atoms with E-state index in [4.69, 9.17) is 14.2 Å². The van der Waals surface area contributed by atoms with E-state index in [0.29, 0.717) is 36.0 Å². The fourth-order valence-corrected chi connectivity index (χ4v) is 5.98. The van der Waals surface area contributed by atoms with Crippen molar-refractivity contribution < 1.29 is 28.6 Å². The molecule has 4 rings (SSSR count). The van der Waals surface area contributed by atoms with Crippen molar-refractivity contribution in [2.24, 2.45) is 0 Å². The molecule has 0 fully saturated rings. The van der Waals surface area contributed by atoms with Crippen molar-refractivity contribution in [2.45, 2.75) is 40.0 Å². The van der Waals surface area contributed by atoms with Crippen LogP contribution in [0, 0.1) is 20.8 Å². The van der Waals surface area contributed by atoms with Gasteiger partial charge in [0.2, 0.25) is 0 Å². The van der Waals surface area contributed by atoms with Gasteiger partial charge in [-0.15, -0.1) is 34.0 Å². The first kappa shape index (κ1) is 28.5. The van der Waals surface area contributed by atoms with Crippen LogP contribution in [0.1, 0.15) is 62.8 Å². The first-order chi connectivity index (χ1) is 18.9. The maximum absolute atomic E-state index is 13.3. The zero-order chi connectivity index (χ0) is 27.8. The molecule has 0 aliphatic heterocycles. The standard InChI is InChI=1S/C27H27N3O6S3/c1-16-22(25(31)34-10-4-19-28-7-13-37-19)17(2)24(27(33)36-12-6-21-30-9-15-39-21)18(3)23(16)26(32)35-11-5-20-29-8-14-38-20/h7-9,13-15H,4-6,10-12H2,1-3H3. The summed E-state index contributed by atoms with van der Waals surface area (Å²) in [6.07, 6.45) is 6.46. The van der Waals surface area contributed by atoms with Gasteiger partial charge in [-0.05, 0) is 37.5 Å². The van der Waals surface area contributed by atoms with Gasteiger partial charge in [-0.2, -0.15) is 0 Å². The molecule has 0 bridgehead atoms. The Morgan fingerprint density at radius 3 is 1.08 bits per heavy atom. The first-order valence-electron chi connectivity index (χ1n) is 12.2. The Bertz CT molecular complexity index is 1220. The number of benzene rings is 1. The van der Waals surface area contributed by atoms with E-state index < -0.39 is 17.9 Å². The fourth-order valence-electron chi connectivity index (χ4n) is 4.18. The van der Waals surface area contributed by atoms with Crippen LogP contribution in [0.15, 0.2) is 34.7 Å². The van der Waals surface area contributed by atoms with Gasteiger partial charge in [0.15, 0.2) is 0 Å². The van der Waals surface area contributed by atoms with Gasteiger partial charge in [0, 0.05) is 54.0 Å². The summed E-state index contributed by atoms with van der Waals surface area (Å²) < 4.78 is 16.6. The molecule has 1 aromatic carbocycles. The van der Waals surface area contributed by atoms with Crippen LogP contribution < -0.4 is 0 Å². The minimum atomic E-state index is -0.629. The number of hydrogen-bond donors (Lipinski definition) is 0. The van der Waals surface area contributed by atoms with Gasteiger partial charge in [0.05, 0.1) is 51.5 Å². The quantitative estimate of drug-likeness (QED) is 0.164. The molecule has 0 aliphatic carbocycles. The molecule has 0 spiro atoms. The van der Waals surface area contributed by atoms with E-state index >= 15 is 0 Å². The predicted molar refractivity (Wildman–Crippen MR) is 149 cm³/mol. The van der Waals surface area contributed by atoms with Crippen LogP contribution in [0.25, 0.3) is 0 Å². The number of carbonyl (C=O) groups is 3. The molecule has 0 N–H and O–H groups in total. The van der Waals surface area contributed by atoms with Crippen LogP contribution in [0.2, 0.25) is 0 Å². The lowest BCUT2D eigenvalue weighted by atomic mass is 9.88. The Morgan fingerprint density at radius 1 is 0.564 bits per heavy atom. The lowest BCUT2D eigenvalue weighted by Crippen LogP contribution is -2.22. The van der Waals surface area contributed by atoms with E-state index in [-0.39, 0.29) is 36.5 Å². The topological polar surface area (TPSA) is 118 Å². The van der Waals surface area contributed by atoms with Crippen molar-refractivity contribution in [1.82, 2.24) is 15.0 Å². The summed E-state index contributed by atoms with van der Waals surface area (Å²) in [4.78, 5) is 52.4. The molecule has 0 aliphatic rings. The van der Waals surface area contributed by atoms with E-state index in [1.165, 1.54) is 34.0 Å². The highest BCUT2D eigenvalue weighted by molar-refractivity contribution is 7.10. The summed E-state index contributed by atoms with van der Waals surface area (Å²) in [5.74, 6) is -1.89. The Kier molecular flexibility index (Phi) is 9.90. The average Bonchev–Trinajstić information content (AvgIpc) is 3.68. The third-order valence-electron chi connectivity index (χ3n) is 5.96. The van der Waals surface area contributed by atoms with Gasteiger partial charge >= 0.3 is 17.9 Å². The zero-order valence-electron chi connectivity index (χ0n) is 21.7. The summed E-state index contributed by atoms with van der Waals surface area (Å²) in [5.41, 5.74) is 1.63. The summed E-state index contributed by atoms with van der Waals surface area (Å²) in [7, 11) is 0. The molecule has 9 nitrogen and oxygen atoms in total. The minimum Gasteiger partial charge on any atom is -0.462 e. The number of esters is 3. The highest BCUT2D eigenvalue weighted by atomic mass is 32.1. The molecule has 4 aromatic rings. The van der Waals surface area contributed by atoms with E-state index in [9.17, 15) is 14.4 Å². The molecule has 12 heteroatoms. The Hall–Kier alpha value is -3.48. The van der Waals surface area contributed by atoms with Crippen molar-refractivity contribution in [3.8, 4) is 0 Å². The van der Waals surface area contributed by atoms with Crippen LogP contribution in [-0.2, 0) is 33.5 Å². The van der Waals surface area contributed by atoms with Crippen LogP contribution in [0.4, 0.5) is 0 Å². The van der Waals surface area contributed by atoms with E-state index in [0.717, 1.165) is 15.0 Å². The fraction of sp³-hybridized carbons (Fsp3) is 0.333. The molecule has 204 valence electrons. The van der Waals surface area contributed by atoms with Gasteiger partial charge < -0.3 is 14.2 Å². The smallest absolute Gasteiger partial charge is 0.338 e. The molecule has 0 radical (unpaired) electrons. The molecular formula is C27H27N3O6S3. The summed E-state index contributed by atoms with van der Waals surface area (Å²) in [5, 5.41) is 8.08. The molecular weight excluding hydrogens is 559 g/mol. The predicted octanol–water partition coefficient (Wildman–Crippen LogP) is 5.18. The maximum Gasteiger partial charge on any atom is 0.338 e. The number of hydrogen-bond acceptors (Lipinski definition) is 12. The van der Waals surface area contributed by atoms with E-state index in [2.05, 4.69) is 15.0 Å². The molecule has 0 amide bonds. The highest BCUT2D eigenvalue weighted by Crippen LogP contribution is 2.30. The number of rotatable bonds is 12. The molecule has 0 saturated heterocycles. The van der Waals surface area contributed by atoms with Crippen molar-refractivity contribution in [3.05, 3.63) is 83.1 Å². The SMILES string of the molecule is Cc1c(C(=O)OCCc2nccs2)c(C)c(C(=O)OCCc2nccs2)c(C)c1C(=O)OCCc1nccs1. The lowest BCUT2D eigenvalue weighted by Gasteiger charge is -2.20. The van der Waals surface area contributed by atoms with Gasteiger partial charge in [-0.1, -0.05) is 0 Å². The van der Waals surface area contributed by atoms with Crippen LogP contribution in [-0.4, -0.2) is 52.7 Å². The molecule has 39 heavy (non-hydrogen) atoms. The molecule has 3 aromatic heterocycles. The van der Waals surface area contributed by atoms with Crippen molar-refractivity contribution in [3.63, 3.8) is 0 Å². The zero-order valence-corrected chi connectivity index (χ0v) is 24.2. The highest BCUT2D eigenvalue weighted by Gasteiger charge is 2.30. The van der Waals surface area contributed by atoms with Crippen molar-refractivity contribution in [2.75, 3.05) is 19.8 Å². The average molecular weight is 586 g/mol. The third-order valence-corrected chi connectivity index (χ3v) is 8.48. The van der Waals surface area contributed by atoms with Gasteiger partial charge in [0.1, 0.15) is 0 Å². The number of carbonyl (C=O) groups excluding carboxylic acids is 3. The van der Waals surface area contributed by atoms with E-state index in [1.54, 1.807) is 39.4 Å². The van der Waals surface area contributed by atoms with Gasteiger partial charge in [-0.3, -0.25) is 0 Å². The van der Waals surface area contributed by atoms with Crippen LogP contribution in [0.5, 0.6) is 0 Å². The summed E-state index contributed by atoms with van der Waals surface area (Å²) in [6, 6.07) is 0. The lowest BCUT2D eigenvalue weighted by molar-refractivity contribution is 0.0503. The number of aromatic nitrogens is 3. The third kappa shape index (κ3) is 7.14. The summed E-state index contributed by atoms with van der Waals surface area (Å²) >= 11 is 4.42. The second kappa shape index (κ2) is 13.5. The molecule has 3 heterocycles. The minimum absolute atomic E-state index is 0.111.